The van der Waals surface area contributed by atoms with Crippen LogP contribution in [0.15, 0.2) is 70.5 Å². The van der Waals surface area contributed by atoms with Crippen molar-refractivity contribution in [1.29, 1.82) is 0 Å². The van der Waals surface area contributed by atoms with Gasteiger partial charge in [0.2, 0.25) is 0 Å². The molecule has 6 nitrogen and oxygen atoms in total. The van der Waals surface area contributed by atoms with E-state index >= 15 is 0 Å². The van der Waals surface area contributed by atoms with Crippen molar-refractivity contribution in [3.05, 3.63) is 98.5 Å². The molecule has 0 saturated carbocycles. The van der Waals surface area contributed by atoms with E-state index < -0.39 is 0 Å². The fourth-order valence-electron chi connectivity index (χ4n) is 3.65. The molecular formula is C24H26N4O2. The number of hydrogen-bond donors (Lipinski definition) is 0. The third kappa shape index (κ3) is 3.61. The van der Waals surface area contributed by atoms with Crippen LogP contribution in [0, 0.1) is 0 Å². The van der Waals surface area contributed by atoms with Gasteiger partial charge in [-0.15, -0.1) is 0 Å². The molecule has 2 heterocycles. The SMILES string of the molecule is Cn1c(=O)n(Cc2ccc(C(C)(C)C)cc2)c(=O)c2c1ncn2Cc1ccccc1. The summed E-state index contributed by atoms with van der Waals surface area (Å²) in [5.74, 6) is 0. The minimum Gasteiger partial charge on any atom is -0.320 e. The van der Waals surface area contributed by atoms with Crippen LogP contribution in [0.5, 0.6) is 0 Å². The summed E-state index contributed by atoms with van der Waals surface area (Å²) in [5, 5.41) is 0. The lowest BCUT2D eigenvalue weighted by molar-refractivity contribution is 0.589. The molecule has 0 atom stereocenters. The van der Waals surface area contributed by atoms with Crippen molar-refractivity contribution in [2.24, 2.45) is 7.05 Å². The van der Waals surface area contributed by atoms with E-state index in [4.69, 9.17) is 0 Å². The Bertz CT molecular complexity index is 1300. The molecule has 0 fully saturated rings. The molecule has 2 aromatic carbocycles. The highest BCUT2D eigenvalue weighted by Crippen LogP contribution is 2.22. The molecule has 0 aliphatic carbocycles. The first kappa shape index (κ1) is 19.9. The van der Waals surface area contributed by atoms with Crippen molar-refractivity contribution < 1.29 is 0 Å². The van der Waals surface area contributed by atoms with Crippen LogP contribution in [-0.2, 0) is 25.6 Å². The van der Waals surface area contributed by atoms with E-state index in [-0.39, 0.29) is 23.2 Å². The zero-order chi connectivity index (χ0) is 21.5. The van der Waals surface area contributed by atoms with Crippen molar-refractivity contribution >= 4 is 11.2 Å². The first-order valence-electron chi connectivity index (χ1n) is 10.0. The van der Waals surface area contributed by atoms with E-state index in [9.17, 15) is 9.59 Å². The van der Waals surface area contributed by atoms with E-state index in [1.54, 1.807) is 13.4 Å². The second-order valence-corrected chi connectivity index (χ2v) is 8.71. The van der Waals surface area contributed by atoms with Gasteiger partial charge in [0.15, 0.2) is 11.2 Å². The molecule has 4 rings (SSSR count). The number of benzene rings is 2. The van der Waals surface area contributed by atoms with Crippen LogP contribution in [0.4, 0.5) is 0 Å². The molecule has 0 saturated heterocycles. The number of fused-ring (bicyclic) bond motifs is 1. The van der Waals surface area contributed by atoms with Gasteiger partial charge in [0.25, 0.3) is 5.56 Å². The number of imidazole rings is 1. The molecule has 30 heavy (non-hydrogen) atoms. The number of hydrogen-bond acceptors (Lipinski definition) is 3. The zero-order valence-electron chi connectivity index (χ0n) is 17.8. The average Bonchev–Trinajstić information content (AvgIpc) is 3.14. The van der Waals surface area contributed by atoms with Crippen molar-refractivity contribution in [2.75, 3.05) is 0 Å². The predicted molar refractivity (Wildman–Crippen MR) is 119 cm³/mol. The molecule has 0 unspecified atom stereocenters. The summed E-state index contributed by atoms with van der Waals surface area (Å²) in [6.45, 7) is 7.21. The van der Waals surface area contributed by atoms with Crippen molar-refractivity contribution in [3.8, 4) is 0 Å². The van der Waals surface area contributed by atoms with Crippen LogP contribution < -0.4 is 11.2 Å². The second kappa shape index (κ2) is 7.44. The average molecular weight is 402 g/mol. The van der Waals surface area contributed by atoms with Crippen LogP contribution in [0.3, 0.4) is 0 Å². The van der Waals surface area contributed by atoms with Gasteiger partial charge >= 0.3 is 5.69 Å². The summed E-state index contributed by atoms with van der Waals surface area (Å²) < 4.78 is 4.55. The molecule has 4 aromatic rings. The minimum absolute atomic E-state index is 0.0500. The van der Waals surface area contributed by atoms with Gasteiger partial charge in [-0.1, -0.05) is 75.4 Å². The largest absolute Gasteiger partial charge is 0.332 e. The van der Waals surface area contributed by atoms with Crippen molar-refractivity contribution in [3.63, 3.8) is 0 Å². The zero-order valence-corrected chi connectivity index (χ0v) is 17.8. The lowest BCUT2D eigenvalue weighted by Crippen LogP contribution is -2.40. The molecular weight excluding hydrogens is 376 g/mol. The Kier molecular flexibility index (Phi) is 4.94. The molecule has 154 valence electrons. The van der Waals surface area contributed by atoms with E-state index in [0.717, 1.165) is 11.1 Å². The first-order chi connectivity index (χ1) is 14.3. The lowest BCUT2D eigenvalue weighted by atomic mass is 9.87. The van der Waals surface area contributed by atoms with Gasteiger partial charge in [-0.25, -0.2) is 9.78 Å². The Hall–Kier alpha value is -3.41. The van der Waals surface area contributed by atoms with Gasteiger partial charge in [-0.3, -0.25) is 13.9 Å². The normalized spacial score (nSPS) is 11.9. The number of aryl methyl sites for hydroxylation is 1. The Morgan fingerprint density at radius 2 is 1.50 bits per heavy atom. The molecule has 0 bridgehead atoms. The molecule has 0 radical (unpaired) electrons. The molecule has 0 spiro atoms. The second-order valence-electron chi connectivity index (χ2n) is 8.71. The van der Waals surface area contributed by atoms with Crippen LogP contribution in [-0.4, -0.2) is 18.7 Å². The molecule has 6 heteroatoms. The number of aromatic nitrogens is 4. The van der Waals surface area contributed by atoms with E-state index in [1.807, 2.05) is 47.0 Å². The predicted octanol–water partition coefficient (Wildman–Crippen LogP) is 3.29. The molecule has 0 N–H and O–H groups in total. The Balaban J connectivity index is 1.78. The lowest BCUT2D eigenvalue weighted by Gasteiger charge is -2.19. The molecule has 0 aliphatic rings. The van der Waals surface area contributed by atoms with Gasteiger partial charge in [-0.2, -0.15) is 0 Å². The number of rotatable bonds is 4. The van der Waals surface area contributed by atoms with Gasteiger partial charge in [0.1, 0.15) is 0 Å². The van der Waals surface area contributed by atoms with E-state index in [1.165, 1.54) is 14.7 Å². The third-order valence-corrected chi connectivity index (χ3v) is 5.46. The van der Waals surface area contributed by atoms with E-state index in [2.05, 4.69) is 37.9 Å². The maximum absolute atomic E-state index is 13.3. The summed E-state index contributed by atoms with van der Waals surface area (Å²) >= 11 is 0. The fourth-order valence-corrected chi connectivity index (χ4v) is 3.65. The third-order valence-electron chi connectivity index (χ3n) is 5.46. The molecule has 0 amide bonds. The molecule has 2 aromatic heterocycles. The fraction of sp³-hybridized carbons (Fsp3) is 0.292. The summed E-state index contributed by atoms with van der Waals surface area (Å²) in [6.07, 6.45) is 1.63. The van der Waals surface area contributed by atoms with E-state index in [0.29, 0.717) is 17.7 Å². The highest BCUT2D eigenvalue weighted by molar-refractivity contribution is 5.70. The van der Waals surface area contributed by atoms with Gasteiger partial charge in [0, 0.05) is 13.6 Å². The van der Waals surface area contributed by atoms with Crippen LogP contribution >= 0.6 is 0 Å². The first-order valence-corrected chi connectivity index (χ1v) is 10.0. The Labute approximate surface area is 175 Å². The molecule has 0 aliphatic heterocycles. The van der Waals surface area contributed by atoms with Gasteiger partial charge in [-0.05, 0) is 22.1 Å². The van der Waals surface area contributed by atoms with Crippen LogP contribution in [0.1, 0.15) is 37.5 Å². The van der Waals surface area contributed by atoms with Gasteiger partial charge in [0.05, 0.1) is 12.9 Å². The standard InChI is InChI=1S/C24H26N4O2/c1-24(2,3)19-12-10-18(11-13-19)15-28-22(29)20-21(26(4)23(28)30)25-16-27(20)14-17-8-6-5-7-9-17/h5-13,16H,14-15H2,1-4H3. The van der Waals surface area contributed by atoms with Crippen LogP contribution in [0.2, 0.25) is 0 Å². The maximum Gasteiger partial charge on any atom is 0.332 e. The minimum atomic E-state index is -0.364. The number of nitrogens with zero attached hydrogens (tertiary/aromatic N) is 4. The summed E-state index contributed by atoms with van der Waals surface area (Å²) in [7, 11) is 1.66. The van der Waals surface area contributed by atoms with Gasteiger partial charge < -0.3 is 4.57 Å². The monoisotopic (exact) mass is 402 g/mol. The smallest absolute Gasteiger partial charge is 0.320 e. The summed E-state index contributed by atoms with van der Waals surface area (Å²) in [4.78, 5) is 30.5. The summed E-state index contributed by atoms with van der Waals surface area (Å²) in [6, 6.07) is 18.0. The summed E-state index contributed by atoms with van der Waals surface area (Å²) in [5.41, 5.74) is 3.40. The highest BCUT2D eigenvalue weighted by Gasteiger charge is 2.17. The van der Waals surface area contributed by atoms with Crippen LogP contribution in [0.25, 0.3) is 11.2 Å². The Morgan fingerprint density at radius 1 is 0.867 bits per heavy atom. The maximum atomic E-state index is 13.3. The van der Waals surface area contributed by atoms with Crippen molar-refractivity contribution in [2.45, 2.75) is 39.3 Å². The van der Waals surface area contributed by atoms with Crippen molar-refractivity contribution in [1.82, 2.24) is 18.7 Å². The highest BCUT2D eigenvalue weighted by atomic mass is 16.2. The quantitative estimate of drug-likeness (QED) is 0.526. The Morgan fingerprint density at radius 3 is 2.13 bits per heavy atom. The topological polar surface area (TPSA) is 61.8 Å².